The molecule has 18 heavy (non-hydrogen) atoms. The molecule has 0 aliphatic carbocycles. The third-order valence-electron chi connectivity index (χ3n) is 2.50. The zero-order chi connectivity index (χ0) is 13.3. The van der Waals surface area contributed by atoms with Gasteiger partial charge < -0.3 is 14.0 Å². The molecule has 0 saturated heterocycles. The molecule has 2 heterocycles. The monoisotopic (exact) mass is 274 g/mol. The highest BCUT2D eigenvalue weighted by Gasteiger charge is 2.31. The predicted molar refractivity (Wildman–Crippen MR) is 62.1 cm³/mol. The Morgan fingerprint density at radius 1 is 1.61 bits per heavy atom. The summed E-state index contributed by atoms with van der Waals surface area (Å²) in [5, 5.41) is 0. The lowest BCUT2D eigenvalue weighted by atomic mass is 10.4. The molecular formula is C10H14N2O5S. The van der Waals surface area contributed by atoms with Gasteiger partial charge in [-0.15, -0.1) is 0 Å². The molecule has 0 spiro atoms. The Hall–Kier alpha value is -1.54. The fraction of sp³-hybridized carbons (Fsp3) is 0.500. The number of nitrogens with one attached hydrogen (secondary N) is 1. The molecule has 8 heteroatoms. The molecule has 2 rings (SSSR count). The fourth-order valence-electron chi connectivity index (χ4n) is 1.75. The molecule has 0 amide bonds. The number of fused-ring (bicyclic) bond motifs is 1. The quantitative estimate of drug-likeness (QED) is 0.759. The van der Waals surface area contributed by atoms with Crippen LogP contribution in [0, 0.1) is 0 Å². The Morgan fingerprint density at radius 3 is 3.00 bits per heavy atom. The summed E-state index contributed by atoms with van der Waals surface area (Å²) < 4.78 is 37.8. The minimum atomic E-state index is -3.63. The third kappa shape index (κ3) is 2.08. The number of ether oxygens (including phenoxy) is 2. The number of rotatable bonds is 2. The standard InChI is InChI=1S/C10H14N2O5S/c1-3-16-10(13)8-9-7(6-12(8)2)18(14,15)11-4-5-17-9/h6,11H,3-5H2,1-2H3. The zero-order valence-electron chi connectivity index (χ0n) is 10.1. The van der Waals surface area contributed by atoms with Crippen molar-refractivity contribution >= 4 is 16.0 Å². The smallest absolute Gasteiger partial charge is 0.358 e. The van der Waals surface area contributed by atoms with Crippen LogP contribution < -0.4 is 9.46 Å². The molecule has 1 N–H and O–H groups in total. The second-order valence-corrected chi connectivity index (χ2v) is 5.48. The molecule has 0 saturated carbocycles. The van der Waals surface area contributed by atoms with Gasteiger partial charge in [0, 0.05) is 19.8 Å². The number of hydrogen-bond acceptors (Lipinski definition) is 5. The van der Waals surface area contributed by atoms with Gasteiger partial charge in [-0.1, -0.05) is 0 Å². The van der Waals surface area contributed by atoms with Crippen LogP contribution in [0.1, 0.15) is 17.4 Å². The van der Waals surface area contributed by atoms with Gasteiger partial charge in [-0.05, 0) is 6.92 Å². The van der Waals surface area contributed by atoms with E-state index in [9.17, 15) is 13.2 Å². The largest absolute Gasteiger partial charge is 0.488 e. The molecule has 0 bridgehead atoms. The average molecular weight is 274 g/mol. The SMILES string of the molecule is CCOC(=O)c1c2c(cn1C)S(=O)(=O)NCCO2. The topological polar surface area (TPSA) is 86.6 Å². The molecule has 1 aromatic rings. The molecule has 7 nitrogen and oxygen atoms in total. The number of esters is 1. The number of carbonyl (C=O) groups excluding carboxylic acids is 1. The van der Waals surface area contributed by atoms with Crippen molar-refractivity contribution in [2.24, 2.45) is 7.05 Å². The summed E-state index contributed by atoms with van der Waals surface area (Å²) in [6, 6.07) is 0. The van der Waals surface area contributed by atoms with Gasteiger partial charge >= 0.3 is 5.97 Å². The average Bonchev–Trinajstić information content (AvgIpc) is 2.56. The summed E-state index contributed by atoms with van der Waals surface area (Å²) in [5.41, 5.74) is 0.110. The van der Waals surface area contributed by atoms with Crippen molar-refractivity contribution in [2.45, 2.75) is 11.8 Å². The lowest BCUT2D eigenvalue weighted by molar-refractivity contribution is 0.0510. The van der Waals surface area contributed by atoms with Gasteiger partial charge in [0.25, 0.3) is 0 Å². The summed E-state index contributed by atoms with van der Waals surface area (Å²) in [6.45, 7) is 2.23. The van der Waals surface area contributed by atoms with Gasteiger partial charge in [-0.3, -0.25) is 0 Å². The van der Waals surface area contributed by atoms with Crippen LogP contribution >= 0.6 is 0 Å². The van der Waals surface area contributed by atoms with E-state index < -0.39 is 16.0 Å². The Labute approximate surface area is 105 Å². The van der Waals surface area contributed by atoms with E-state index in [0.717, 1.165) is 0 Å². The highest BCUT2D eigenvalue weighted by atomic mass is 32.2. The first-order valence-electron chi connectivity index (χ1n) is 5.46. The van der Waals surface area contributed by atoms with Gasteiger partial charge in [0.15, 0.2) is 11.4 Å². The maximum atomic E-state index is 11.9. The van der Waals surface area contributed by atoms with Crippen molar-refractivity contribution in [3.8, 4) is 5.75 Å². The van der Waals surface area contributed by atoms with Crippen molar-refractivity contribution < 1.29 is 22.7 Å². The van der Waals surface area contributed by atoms with Crippen LogP contribution in [0.5, 0.6) is 5.75 Å². The number of carbonyl (C=O) groups is 1. The van der Waals surface area contributed by atoms with Crippen LogP contribution in [-0.2, 0) is 21.8 Å². The molecule has 0 aromatic carbocycles. The molecule has 0 fully saturated rings. The van der Waals surface area contributed by atoms with E-state index in [0.29, 0.717) is 0 Å². The van der Waals surface area contributed by atoms with E-state index in [1.807, 2.05) is 0 Å². The molecule has 0 radical (unpaired) electrons. The lowest BCUT2D eigenvalue weighted by Crippen LogP contribution is -2.25. The molecule has 1 aromatic heterocycles. The molecular weight excluding hydrogens is 260 g/mol. The van der Waals surface area contributed by atoms with Crippen molar-refractivity contribution in [1.82, 2.24) is 9.29 Å². The van der Waals surface area contributed by atoms with Gasteiger partial charge in [-0.25, -0.2) is 17.9 Å². The van der Waals surface area contributed by atoms with Crippen LogP contribution in [0.3, 0.4) is 0 Å². The van der Waals surface area contributed by atoms with E-state index in [-0.39, 0.29) is 36.1 Å². The fourth-order valence-corrected chi connectivity index (χ4v) is 2.95. The van der Waals surface area contributed by atoms with Gasteiger partial charge in [0.2, 0.25) is 10.0 Å². The van der Waals surface area contributed by atoms with Crippen molar-refractivity contribution in [1.29, 1.82) is 0 Å². The Balaban J connectivity index is 2.57. The molecule has 0 unspecified atom stereocenters. The number of nitrogens with zero attached hydrogens (tertiary/aromatic N) is 1. The van der Waals surface area contributed by atoms with E-state index in [2.05, 4.69) is 4.72 Å². The van der Waals surface area contributed by atoms with E-state index in [4.69, 9.17) is 9.47 Å². The maximum absolute atomic E-state index is 11.9. The number of sulfonamides is 1. The first kappa shape index (κ1) is 12.9. The van der Waals surface area contributed by atoms with Crippen LogP contribution in [0.2, 0.25) is 0 Å². The molecule has 1 aliphatic heterocycles. The highest BCUT2D eigenvalue weighted by Crippen LogP contribution is 2.31. The Bertz CT molecular complexity index is 575. The minimum Gasteiger partial charge on any atom is -0.488 e. The number of aryl methyl sites for hydroxylation is 1. The van der Waals surface area contributed by atoms with Gasteiger partial charge in [0.1, 0.15) is 11.5 Å². The van der Waals surface area contributed by atoms with Crippen LogP contribution in [0.25, 0.3) is 0 Å². The van der Waals surface area contributed by atoms with Crippen LogP contribution in [0.4, 0.5) is 0 Å². The van der Waals surface area contributed by atoms with Crippen molar-refractivity contribution in [2.75, 3.05) is 19.8 Å². The molecule has 0 atom stereocenters. The second-order valence-electron chi connectivity index (χ2n) is 3.75. The molecule has 100 valence electrons. The Kier molecular flexibility index (Phi) is 3.31. The van der Waals surface area contributed by atoms with Crippen LogP contribution in [-0.4, -0.2) is 38.7 Å². The number of hydrogen-bond donors (Lipinski definition) is 1. The predicted octanol–water partition coefficient (Wildman–Crippen LogP) is -0.128. The minimum absolute atomic E-state index is 0.0365. The van der Waals surface area contributed by atoms with Crippen molar-refractivity contribution in [3.63, 3.8) is 0 Å². The maximum Gasteiger partial charge on any atom is 0.358 e. The number of aromatic nitrogens is 1. The summed E-state index contributed by atoms with van der Waals surface area (Å²) in [4.78, 5) is 11.7. The summed E-state index contributed by atoms with van der Waals surface area (Å²) in [6.07, 6.45) is 1.34. The summed E-state index contributed by atoms with van der Waals surface area (Å²) in [5.74, 6) is -0.542. The summed E-state index contributed by atoms with van der Waals surface area (Å²) in [7, 11) is -2.06. The first-order chi connectivity index (χ1) is 8.47. The third-order valence-corrected chi connectivity index (χ3v) is 3.96. The van der Waals surface area contributed by atoms with Crippen LogP contribution in [0.15, 0.2) is 11.1 Å². The zero-order valence-corrected chi connectivity index (χ0v) is 10.9. The Morgan fingerprint density at radius 2 is 2.33 bits per heavy atom. The van der Waals surface area contributed by atoms with E-state index in [1.165, 1.54) is 10.8 Å². The normalized spacial score (nSPS) is 17.4. The van der Waals surface area contributed by atoms with Gasteiger partial charge in [-0.2, -0.15) is 0 Å². The first-order valence-corrected chi connectivity index (χ1v) is 6.94. The molecule has 1 aliphatic rings. The van der Waals surface area contributed by atoms with E-state index in [1.54, 1.807) is 14.0 Å². The highest BCUT2D eigenvalue weighted by molar-refractivity contribution is 7.89. The second kappa shape index (κ2) is 4.62. The lowest BCUT2D eigenvalue weighted by Gasteiger charge is -2.07. The van der Waals surface area contributed by atoms with E-state index >= 15 is 0 Å². The van der Waals surface area contributed by atoms with Gasteiger partial charge in [0.05, 0.1) is 6.61 Å². The summed E-state index contributed by atoms with van der Waals surface area (Å²) >= 11 is 0. The van der Waals surface area contributed by atoms with Crippen molar-refractivity contribution in [3.05, 3.63) is 11.9 Å².